The first-order valence-corrected chi connectivity index (χ1v) is 10.6. The van der Waals surface area contributed by atoms with Crippen LogP contribution in [0, 0.1) is 6.57 Å². The maximum atomic E-state index is 13.2. The second kappa shape index (κ2) is 10.4. The molecule has 9 nitrogen and oxygen atoms in total. The van der Waals surface area contributed by atoms with E-state index in [0.29, 0.717) is 35.1 Å². The summed E-state index contributed by atoms with van der Waals surface area (Å²) in [6.07, 6.45) is 2.80. The number of rotatable bonds is 5. The molecule has 1 fully saturated rings. The molecular weight excluding hydrogens is 442 g/mol. The number of ether oxygens (including phenoxy) is 1. The van der Waals surface area contributed by atoms with Crippen LogP contribution >= 0.6 is 11.6 Å². The zero-order valence-corrected chi connectivity index (χ0v) is 18.2. The summed E-state index contributed by atoms with van der Waals surface area (Å²) >= 11 is 6.45. The highest BCUT2D eigenvalue weighted by atomic mass is 35.5. The summed E-state index contributed by atoms with van der Waals surface area (Å²) in [6, 6.07) is 6.98. The van der Waals surface area contributed by atoms with Crippen molar-refractivity contribution in [1.82, 2.24) is 20.3 Å². The number of amides is 1. The summed E-state index contributed by atoms with van der Waals surface area (Å²) in [5.41, 5.74) is 6.79. The Hall–Kier alpha value is -3.48. The van der Waals surface area contributed by atoms with Gasteiger partial charge in [-0.3, -0.25) is 4.79 Å². The highest BCUT2D eigenvalue weighted by Crippen LogP contribution is 2.32. The minimum atomic E-state index is -0.372. The average molecular weight is 468 g/mol. The molecule has 1 aromatic carbocycles. The molecule has 172 valence electrons. The number of nitrogen functional groups attached to an aromatic ring is 1. The minimum absolute atomic E-state index is 0. The lowest BCUT2D eigenvalue weighted by Crippen LogP contribution is -2.39. The fraction of sp³-hybridized carbons (Fsp3) is 0.348. The molecule has 1 saturated heterocycles. The van der Waals surface area contributed by atoms with Crippen LogP contribution in [0.4, 0.5) is 17.3 Å². The normalized spacial score (nSPS) is 14.7. The highest BCUT2D eigenvalue weighted by molar-refractivity contribution is 6.36. The van der Waals surface area contributed by atoms with Crippen LogP contribution in [0.1, 0.15) is 49.4 Å². The van der Waals surface area contributed by atoms with Crippen LogP contribution in [0.5, 0.6) is 0 Å². The number of nitrogens with zero attached hydrogens (tertiary/aromatic N) is 4. The minimum Gasteiger partial charge on any atom is -0.392 e. The number of halogens is 1. The Morgan fingerprint density at radius 3 is 2.82 bits per heavy atom. The van der Waals surface area contributed by atoms with E-state index in [1.165, 1.54) is 6.33 Å². The number of nitrogens with one attached hydrogen (secondary N) is 2. The van der Waals surface area contributed by atoms with Gasteiger partial charge >= 0.3 is 0 Å². The summed E-state index contributed by atoms with van der Waals surface area (Å²) in [4.78, 5) is 29.2. The Labute approximate surface area is 197 Å². The lowest BCUT2D eigenvalue weighted by molar-refractivity contribution is 0.0695. The molecule has 3 heterocycles. The highest BCUT2D eigenvalue weighted by Gasteiger charge is 2.23. The molecule has 1 aliphatic rings. The molecule has 1 amide bonds. The average Bonchev–Trinajstić information content (AvgIpc) is 2.79. The van der Waals surface area contributed by atoms with E-state index in [1.807, 2.05) is 25.1 Å². The summed E-state index contributed by atoms with van der Waals surface area (Å²) in [5, 5.41) is 8.06. The SMILES string of the molecule is C.[C-]#[N+]c1c(N)ncnc1N[C@@H](C)c1cc2cccc(Cl)c2c(C(=O)NC2CCOCC2)n1. The van der Waals surface area contributed by atoms with Gasteiger partial charge in [-0.2, -0.15) is 0 Å². The third kappa shape index (κ3) is 5.13. The molecule has 1 atom stereocenters. The smallest absolute Gasteiger partial charge is 0.270 e. The molecule has 0 aliphatic carbocycles. The number of hydrogen-bond acceptors (Lipinski definition) is 7. The summed E-state index contributed by atoms with van der Waals surface area (Å²) in [6.45, 7) is 10.5. The van der Waals surface area contributed by atoms with Gasteiger partial charge in [0.15, 0.2) is 0 Å². The molecule has 0 spiro atoms. The number of carbonyl (C=O) groups is 1. The predicted octanol–water partition coefficient (Wildman–Crippen LogP) is 4.53. The quantitative estimate of drug-likeness (QED) is 0.471. The molecule has 0 bridgehead atoms. The second-order valence-corrected chi connectivity index (χ2v) is 7.93. The van der Waals surface area contributed by atoms with Crippen molar-refractivity contribution < 1.29 is 9.53 Å². The second-order valence-electron chi connectivity index (χ2n) is 7.53. The van der Waals surface area contributed by atoms with Gasteiger partial charge in [-0.1, -0.05) is 31.2 Å². The fourth-order valence-corrected chi connectivity index (χ4v) is 3.93. The van der Waals surface area contributed by atoms with Gasteiger partial charge in [-0.15, -0.1) is 0 Å². The van der Waals surface area contributed by atoms with Gasteiger partial charge < -0.3 is 21.1 Å². The molecule has 0 saturated carbocycles. The number of carbonyl (C=O) groups excluding carboxylic acids is 1. The number of pyridine rings is 1. The molecule has 3 aromatic rings. The first kappa shape index (κ1) is 24.2. The van der Waals surface area contributed by atoms with Crippen molar-refractivity contribution in [2.75, 3.05) is 24.3 Å². The molecule has 4 rings (SSSR count). The van der Waals surface area contributed by atoms with Crippen LogP contribution < -0.4 is 16.4 Å². The van der Waals surface area contributed by atoms with Gasteiger partial charge in [-0.05, 0) is 37.3 Å². The van der Waals surface area contributed by atoms with Crippen molar-refractivity contribution >= 4 is 45.6 Å². The van der Waals surface area contributed by atoms with E-state index < -0.39 is 0 Å². The van der Waals surface area contributed by atoms with Crippen molar-refractivity contribution in [3.8, 4) is 0 Å². The maximum absolute atomic E-state index is 13.2. The van der Waals surface area contributed by atoms with Crippen molar-refractivity contribution in [2.45, 2.75) is 39.3 Å². The van der Waals surface area contributed by atoms with E-state index in [1.54, 1.807) is 6.07 Å². The zero-order valence-electron chi connectivity index (χ0n) is 17.4. The van der Waals surface area contributed by atoms with Gasteiger partial charge in [-0.25, -0.2) is 19.8 Å². The maximum Gasteiger partial charge on any atom is 0.270 e. The third-order valence-electron chi connectivity index (χ3n) is 5.36. The van der Waals surface area contributed by atoms with Crippen molar-refractivity contribution in [1.29, 1.82) is 0 Å². The van der Waals surface area contributed by atoms with Crippen molar-refractivity contribution in [3.63, 3.8) is 0 Å². The van der Waals surface area contributed by atoms with Crippen molar-refractivity contribution in [2.24, 2.45) is 0 Å². The number of anilines is 2. The monoisotopic (exact) mass is 467 g/mol. The summed E-state index contributed by atoms with van der Waals surface area (Å²) in [5.74, 6) is 0.123. The van der Waals surface area contributed by atoms with Crippen LogP contribution in [0.15, 0.2) is 30.6 Å². The van der Waals surface area contributed by atoms with E-state index in [-0.39, 0.29) is 42.6 Å². The van der Waals surface area contributed by atoms with E-state index in [4.69, 9.17) is 28.6 Å². The van der Waals surface area contributed by atoms with E-state index in [2.05, 4.69) is 30.4 Å². The Morgan fingerprint density at radius 2 is 2.09 bits per heavy atom. The largest absolute Gasteiger partial charge is 0.392 e. The number of nitrogens with two attached hydrogens (primary N) is 1. The number of hydrogen-bond donors (Lipinski definition) is 3. The Morgan fingerprint density at radius 1 is 1.33 bits per heavy atom. The lowest BCUT2D eigenvalue weighted by Gasteiger charge is -2.23. The van der Waals surface area contributed by atoms with Crippen molar-refractivity contribution in [3.05, 3.63) is 58.4 Å². The Balaban J connectivity index is 0.00000306. The van der Waals surface area contributed by atoms with Gasteiger partial charge in [0.2, 0.25) is 0 Å². The molecule has 2 aromatic heterocycles. The topological polar surface area (TPSA) is 119 Å². The summed E-state index contributed by atoms with van der Waals surface area (Å²) < 4.78 is 5.37. The van der Waals surface area contributed by atoms with Gasteiger partial charge in [0.1, 0.15) is 23.7 Å². The summed E-state index contributed by atoms with van der Waals surface area (Å²) in [7, 11) is 0. The van der Waals surface area contributed by atoms with E-state index in [9.17, 15) is 4.79 Å². The zero-order chi connectivity index (χ0) is 22.7. The van der Waals surface area contributed by atoms with Crippen LogP contribution in [0.2, 0.25) is 5.02 Å². The Kier molecular flexibility index (Phi) is 7.63. The lowest BCUT2D eigenvalue weighted by atomic mass is 10.0. The van der Waals surface area contributed by atoms with Crippen LogP contribution in [0.25, 0.3) is 15.6 Å². The van der Waals surface area contributed by atoms with Gasteiger partial charge in [0, 0.05) is 24.6 Å². The van der Waals surface area contributed by atoms with E-state index in [0.717, 1.165) is 18.2 Å². The predicted molar refractivity (Wildman–Crippen MR) is 130 cm³/mol. The number of benzene rings is 1. The Bertz CT molecular complexity index is 1210. The van der Waals surface area contributed by atoms with Gasteiger partial charge in [0.05, 0.1) is 23.3 Å². The van der Waals surface area contributed by atoms with Gasteiger partial charge in [0.25, 0.3) is 11.6 Å². The number of aromatic nitrogens is 3. The molecular formula is C23H26ClN7O2. The fourth-order valence-electron chi connectivity index (χ4n) is 3.66. The molecule has 0 unspecified atom stereocenters. The first-order valence-electron chi connectivity index (χ1n) is 10.2. The molecule has 10 heteroatoms. The third-order valence-corrected chi connectivity index (χ3v) is 5.67. The number of fused-ring (bicyclic) bond motifs is 1. The van der Waals surface area contributed by atoms with Crippen LogP contribution in [0.3, 0.4) is 0 Å². The standard InChI is InChI=1S/C22H22ClN7O2.CH4/c1-12(28-21-19(25-2)20(24)26-11-27-21)16-10-13-4-3-5-15(23)17(13)18(30-16)22(31)29-14-6-8-32-9-7-14;/h3-5,10-12,14H,6-9H2,1H3,(H,29,31)(H3,24,26,27,28);1H4/t12-;/m0./s1. The molecule has 4 N–H and O–H groups in total. The molecule has 33 heavy (non-hydrogen) atoms. The van der Waals surface area contributed by atoms with E-state index >= 15 is 0 Å². The van der Waals surface area contributed by atoms with Crippen LogP contribution in [-0.2, 0) is 4.74 Å². The first-order chi connectivity index (χ1) is 15.5. The molecule has 0 radical (unpaired) electrons. The molecule has 1 aliphatic heterocycles. The van der Waals surface area contributed by atoms with Crippen LogP contribution in [-0.4, -0.2) is 40.1 Å².